The lowest BCUT2D eigenvalue weighted by atomic mass is 10.1. The van der Waals surface area contributed by atoms with E-state index in [-0.39, 0.29) is 5.56 Å². The highest BCUT2D eigenvalue weighted by molar-refractivity contribution is 9.10. The molecule has 16 heavy (non-hydrogen) atoms. The van der Waals surface area contributed by atoms with Crippen LogP contribution in [0.3, 0.4) is 0 Å². The minimum absolute atomic E-state index is 0.148. The average molecular weight is 282 g/mol. The zero-order chi connectivity index (χ0) is 11.7. The number of H-pyrrole nitrogens is 1. The lowest BCUT2D eigenvalue weighted by Crippen LogP contribution is -2.17. The normalized spacial score (nSPS) is 11.2. The monoisotopic (exact) mass is 281 g/mol. The molecule has 1 aromatic heterocycles. The van der Waals surface area contributed by atoms with Crippen LogP contribution in [0.25, 0.3) is 10.8 Å². The fourth-order valence-electron chi connectivity index (χ4n) is 1.61. The number of benzene rings is 1. The van der Waals surface area contributed by atoms with Crippen molar-refractivity contribution >= 4 is 26.7 Å². The molecule has 84 valence electrons. The third-order valence-corrected chi connectivity index (χ3v) is 2.79. The standard InChI is InChI=1S/C11H12BrN3O/c1-15(2)6-10-9-5-7(12)3-4-8(9)11(16)14-13-10/h3-5H,6H2,1-2H3,(H,14,16). The Balaban J connectivity index is 2.70. The van der Waals surface area contributed by atoms with Gasteiger partial charge in [-0.2, -0.15) is 5.10 Å². The van der Waals surface area contributed by atoms with Crippen LogP contribution in [0.15, 0.2) is 27.5 Å². The predicted octanol–water partition coefficient (Wildman–Crippen LogP) is 1.75. The van der Waals surface area contributed by atoms with Crippen molar-refractivity contribution in [1.82, 2.24) is 15.1 Å². The van der Waals surface area contributed by atoms with Crippen molar-refractivity contribution in [2.75, 3.05) is 14.1 Å². The highest BCUT2D eigenvalue weighted by Gasteiger charge is 2.07. The molecule has 1 N–H and O–H groups in total. The summed E-state index contributed by atoms with van der Waals surface area (Å²) < 4.78 is 0.951. The van der Waals surface area contributed by atoms with Crippen molar-refractivity contribution in [1.29, 1.82) is 0 Å². The van der Waals surface area contributed by atoms with E-state index in [9.17, 15) is 4.79 Å². The predicted molar refractivity (Wildman–Crippen MR) is 67.5 cm³/mol. The van der Waals surface area contributed by atoms with Gasteiger partial charge in [0.1, 0.15) is 0 Å². The zero-order valence-electron chi connectivity index (χ0n) is 9.12. The number of hydrogen-bond acceptors (Lipinski definition) is 3. The SMILES string of the molecule is CN(C)Cc1n[nH]c(=O)c2ccc(Br)cc12. The summed E-state index contributed by atoms with van der Waals surface area (Å²) in [6, 6.07) is 5.59. The third-order valence-electron chi connectivity index (χ3n) is 2.30. The molecule has 0 atom stereocenters. The van der Waals surface area contributed by atoms with Gasteiger partial charge in [-0.1, -0.05) is 15.9 Å². The molecule has 0 spiro atoms. The Morgan fingerprint density at radius 1 is 1.38 bits per heavy atom. The maximum absolute atomic E-state index is 11.6. The van der Waals surface area contributed by atoms with Crippen molar-refractivity contribution in [2.24, 2.45) is 0 Å². The Hall–Kier alpha value is -1.20. The van der Waals surface area contributed by atoms with Gasteiger partial charge < -0.3 is 4.90 Å². The van der Waals surface area contributed by atoms with Crippen LogP contribution in [0.2, 0.25) is 0 Å². The van der Waals surface area contributed by atoms with Crippen LogP contribution in [-0.2, 0) is 6.54 Å². The summed E-state index contributed by atoms with van der Waals surface area (Å²) in [5, 5.41) is 8.18. The van der Waals surface area contributed by atoms with E-state index in [2.05, 4.69) is 26.1 Å². The third kappa shape index (κ3) is 2.15. The quantitative estimate of drug-likeness (QED) is 0.913. The molecule has 0 bridgehead atoms. The number of aromatic nitrogens is 2. The largest absolute Gasteiger partial charge is 0.303 e. The van der Waals surface area contributed by atoms with Crippen molar-refractivity contribution in [3.8, 4) is 0 Å². The molecule has 0 amide bonds. The van der Waals surface area contributed by atoms with E-state index in [1.165, 1.54) is 0 Å². The summed E-state index contributed by atoms with van der Waals surface area (Å²) in [5.41, 5.74) is 0.728. The van der Waals surface area contributed by atoms with E-state index >= 15 is 0 Å². The first-order valence-corrected chi connectivity index (χ1v) is 5.69. The highest BCUT2D eigenvalue weighted by Crippen LogP contribution is 2.19. The number of hydrogen-bond donors (Lipinski definition) is 1. The van der Waals surface area contributed by atoms with Crippen LogP contribution in [-0.4, -0.2) is 29.2 Å². The highest BCUT2D eigenvalue weighted by atomic mass is 79.9. The lowest BCUT2D eigenvalue weighted by molar-refractivity contribution is 0.396. The summed E-state index contributed by atoms with van der Waals surface area (Å²) >= 11 is 3.40. The van der Waals surface area contributed by atoms with Crippen molar-refractivity contribution < 1.29 is 0 Å². The number of fused-ring (bicyclic) bond motifs is 1. The smallest absolute Gasteiger partial charge is 0.272 e. The Kier molecular flexibility index (Phi) is 3.07. The van der Waals surface area contributed by atoms with Gasteiger partial charge in [-0.25, -0.2) is 5.10 Å². The molecule has 0 unspecified atom stereocenters. The summed E-state index contributed by atoms with van der Waals surface area (Å²) in [6.45, 7) is 0.698. The number of halogens is 1. The molecule has 0 fully saturated rings. The van der Waals surface area contributed by atoms with Gasteiger partial charge in [-0.3, -0.25) is 4.79 Å². The van der Waals surface area contributed by atoms with Crippen LogP contribution >= 0.6 is 15.9 Å². The van der Waals surface area contributed by atoms with Gasteiger partial charge in [0.15, 0.2) is 0 Å². The molecule has 1 heterocycles. The Labute approximate surface area is 101 Å². The Morgan fingerprint density at radius 2 is 2.12 bits per heavy atom. The molecule has 5 heteroatoms. The lowest BCUT2D eigenvalue weighted by Gasteiger charge is -2.10. The number of rotatable bonds is 2. The van der Waals surface area contributed by atoms with Crippen molar-refractivity contribution in [3.63, 3.8) is 0 Å². The average Bonchev–Trinajstić information content (AvgIpc) is 2.22. The maximum atomic E-state index is 11.6. The second-order valence-corrected chi connectivity index (χ2v) is 4.84. The minimum Gasteiger partial charge on any atom is -0.303 e. The molecule has 0 saturated carbocycles. The first-order valence-electron chi connectivity index (χ1n) is 4.89. The van der Waals surface area contributed by atoms with Crippen LogP contribution in [0, 0.1) is 0 Å². The van der Waals surface area contributed by atoms with Crippen LogP contribution in [0.4, 0.5) is 0 Å². The van der Waals surface area contributed by atoms with Gasteiger partial charge in [0.25, 0.3) is 5.56 Å². The van der Waals surface area contributed by atoms with Gasteiger partial charge >= 0.3 is 0 Å². The van der Waals surface area contributed by atoms with Crippen LogP contribution in [0.5, 0.6) is 0 Å². The summed E-state index contributed by atoms with van der Waals surface area (Å²) in [5.74, 6) is 0. The molecule has 0 radical (unpaired) electrons. The fourth-order valence-corrected chi connectivity index (χ4v) is 1.97. The van der Waals surface area contributed by atoms with Crippen molar-refractivity contribution in [3.05, 3.63) is 38.7 Å². The fraction of sp³-hybridized carbons (Fsp3) is 0.273. The molecule has 0 aliphatic heterocycles. The van der Waals surface area contributed by atoms with Gasteiger partial charge in [0.2, 0.25) is 0 Å². The number of aromatic amines is 1. The van der Waals surface area contributed by atoms with Gasteiger partial charge in [0.05, 0.1) is 11.1 Å². The first-order chi connectivity index (χ1) is 7.58. The zero-order valence-corrected chi connectivity index (χ0v) is 10.7. The van der Waals surface area contributed by atoms with Crippen molar-refractivity contribution in [2.45, 2.75) is 6.54 Å². The molecular weight excluding hydrogens is 270 g/mol. The second kappa shape index (κ2) is 4.35. The first kappa shape index (κ1) is 11.3. The van der Waals surface area contributed by atoms with Gasteiger partial charge in [0, 0.05) is 16.4 Å². The topological polar surface area (TPSA) is 49.0 Å². The molecule has 2 aromatic rings. The molecule has 0 aliphatic rings. The molecule has 4 nitrogen and oxygen atoms in total. The van der Waals surface area contributed by atoms with E-state index in [1.807, 2.05) is 31.1 Å². The molecular formula is C11H12BrN3O. The Morgan fingerprint density at radius 3 is 2.81 bits per heavy atom. The summed E-state index contributed by atoms with van der Waals surface area (Å²) in [6.07, 6.45) is 0. The summed E-state index contributed by atoms with van der Waals surface area (Å²) in [4.78, 5) is 13.6. The number of nitrogens with one attached hydrogen (secondary N) is 1. The Bertz CT molecular complexity index is 577. The molecule has 2 rings (SSSR count). The van der Waals surface area contributed by atoms with E-state index in [0.717, 1.165) is 15.6 Å². The van der Waals surface area contributed by atoms with E-state index < -0.39 is 0 Å². The van der Waals surface area contributed by atoms with E-state index in [1.54, 1.807) is 6.07 Å². The molecule has 0 saturated heterocycles. The van der Waals surface area contributed by atoms with E-state index in [4.69, 9.17) is 0 Å². The molecule has 0 aliphatic carbocycles. The minimum atomic E-state index is -0.148. The van der Waals surface area contributed by atoms with E-state index in [0.29, 0.717) is 11.9 Å². The number of nitrogens with zero attached hydrogens (tertiary/aromatic N) is 2. The van der Waals surface area contributed by atoms with Crippen LogP contribution < -0.4 is 5.56 Å². The second-order valence-electron chi connectivity index (χ2n) is 3.93. The van der Waals surface area contributed by atoms with Crippen LogP contribution in [0.1, 0.15) is 5.69 Å². The summed E-state index contributed by atoms with van der Waals surface area (Å²) in [7, 11) is 3.94. The maximum Gasteiger partial charge on any atom is 0.272 e. The van der Waals surface area contributed by atoms with Gasteiger partial charge in [-0.15, -0.1) is 0 Å². The van der Waals surface area contributed by atoms with Gasteiger partial charge in [-0.05, 0) is 32.3 Å². The molecule has 1 aromatic carbocycles.